The molecule has 0 saturated carbocycles. The summed E-state index contributed by atoms with van der Waals surface area (Å²) in [5.41, 5.74) is 0.338. The zero-order valence-electron chi connectivity index (χ0n) is 27.7. The topological polar surface area (TPSA) is 76.1 Å². The van der Waals surface area contributed by atoms with Gasteiger partial charge in [-0.2, -0.15) is 11.8 Å². The lowest BCUT2D eigenvalue weighted by Crippen LogP contribution is -2.58. The van der Waals surface area contributed by atoms with E-state index in [0.29, 0.717) is 31.4 Å². The van der Waals surface area contributed by atoms with Crippen LogP contribution < -0.4 is 0 Å². The Balaban J connectivity index is 0.00000316. The van der Waals surface area contributed by atoms with Gasteiger partial charge in [0.1, 0.15) is 5.41 Å². The largest absolute Gasteiger partial charge is 0.505 e. The molecule has 1 aromatic rings. The van der Waals surface area contributed by atoms with Crippen LogP contribution in [0.25, 0.3) is 0 Å². The molecule has 6 nitrogen and oxygen atoms in total. The van der Waals surface area contributed by atoms with Crippen molar-refractivity contribution in [2.75, 3.05) is 31.7 Å². The van der Waals surface area contributed by atoms with E-state index in [2.05, 4.69) is 13.0 Å². The average molecular weight is 622 g/mol. The lowest BCUT2D eigenvalue weighted by Gasteiger charge is -2.55. The molecule has 1 amide bonds. The zero-order chi connectivity index (χ0) is 32.0. The molecule has 3 unspecified atom stereocenters. The molecule has 1 aliphatic heterocycles. The van der Waals surface area contributed by atoms with Gasteiger partial charge >= 0.3 is 5.97 Å². The third-order valence-corrected chi connectivity index (χ3v) is 10.0. The van der Waals surface area contributed by atoms with Crippen LogP contribution in [-0.2, 0) is 19.1 Å². The number of carbonyl (C=O) groups is 2. The van der Waals surface area contributed by atoms with Gasteiger partial charge in [-0.25, -0.2) is 4.39 Å². The molecule has 1 N–H and O–H groups in total. The van der Waals surface area contributed by atoms with Crippen molar-refractivity contribution in [3.8, 4) is 5.75 Å². The van der Waals surface area contributed by atoms with Crippen LogP contribution in [0, 0.1) is 17.2 Å². The Morgan fingerprint density at radius 2 is 1.84 bits per heavy atom. The molecule has 2 bridgehead atoms. The minimum Gasteiger partial charge on any atom is -0.505 e. The number of carbonyl (C=O) groups excluding carboxylic acids is 2. The molecular formula is C35H56FNO5S. The second kappa shape index (κ2) is 18.0. The number of unbranched alkanes of at least 4 members (excludes halogenated alkanes) is 3. The van der Waals surface area contributed by atoms with Gasteiger partial charge in [0.05, 0.1) is 18.3 Å². The molecular weight excluding hydrogens is 565 g/mol. The van der Waals surface area contributed by atoms with E-state index < -0.39 is 22.9 Å². The highest BCUT2D eigenvalue weighted by atomic mass is 32.2. The minimum absolute atomic E-state index is 0.0666. The zero-order valence-corrected chi connectivity index (χ0v) is 28.5. The fraction of sp³-hybridized carbons (Fsp3) is 0.714. The number of aromatic hydroxyl groups is 1. The Labute approximate surface area is 264 Å². The van der Waals surface area contributed by atoms with E-state index in [1.165, 1.54) is 17.7 Å². The summed E-state index contributed by atoms with van der Waals surface area (Å²) >= 11 is 1.95. The third-order valence-electron chi connectivity index (χ3n) is 8.87. The van der Waals surface area contributed by atoms with Gasteiger partial charge in [0.25, 0.3) is 0 Å². The Kier molecular flexibility index (Phi) is 15.6. The van der Waals surface area contributed by atoms with Crippen LogP contribution >= 0.6 is 11.8 Å². The van der Waals surface area contributed by atoms with Crippen molar-refractivity contribution in [2.24, 2.45) is 11.3 Å². The lowest BCUT2D eigenvalue weighted by atomic mass is 9.58. The fourth-order valence-electron chi connectivity index (χ4n) is 6.17. The predicted molar refractivity (Wildman–Crippen MR) is 175 cm³/mol. The van der Waals surface area contributed by atoms with E-state index in [1.807, 2.05) is 58.3 Å². The molecule has 2 aliphatic rings. The van der Waals surface area contributed by atoms with Crippen molar-refractivity contribution in [1.29, 1.82) is 0 Å². The molecule has 0 aromatic heterocycles. The number of nitrogens with zero attached hydrogens (tertiary/aromatic N) is 1. The average Bonchev–Trinajstić information content (AvgIpc) is 2.99. The molecule has 1 aliphatic carbocycles. The number of hydrogen-bond acceptors (Lipinski definition) is 6. The number of thioether (sulfide) groups is 1. The summed E-state index contributed by atoms with van der Waals surface area (Å²) in [4.78, 5) is 27.3. The highest BCUT2D eigenvalue weighted by Crippen LogP contribution is 2.59. The van der Waals surface area contributed by atoms with Gasteiger partial charge in [-0.1, -0.05) is 51.3 Å². The second-order valence-electron chi connectivity index (χ2n) is 12.1. The van der Waals surface area contributed by atoms with Gasteiger partial charge in [-0.05, 0) is 94.9 Å². The number of allylic oxidation sites excluding steroid dienone is 1. The molecule has 1 heterocycles. The van der Waals surface area contributed by atoms with E-state index in [9.17, 15) is 19.1 Å². The van der Waals surface area contributed by atoms with Gasteiger partial charge in [0.2, 0.25) is 5.91 Å². The molecule has 1 fully saturated rings. The quantitative estimate of drug-likeness (QED) is 0.113. The first-order chi connectivity index (χ1) is 20.6. The summed E-state index contributed by atoms with van der Waals surface area (Å²) < 4.78 is 26.5. The maximum absolute atomic E-state index is 14.4. The van der Waals surface area contributed by atoms with E-state index >= 15 is 0 Å². The van der Waals surface area contributed by atoms with E-state index in [0.717, 1.165) is 63.0 Å². The lowest BCUT2D eigenvalue weighted by molar-refractivity contribution is -0.225. The molecule has 1 saturated heterocycles. The number of fused-ring (bicyclic) bond motifs is 2. The summed E-state index contributed by atoms with van der Waals surface area (Å²) in [5.74, 6) is 1.03. The number of halogens is 1. The standard InChI is InChI=1S/C33H50FNO5S.C2H6/c1-6-8-19-35(5)29(37)14-10-9-11-20-41-21-12-13-24-17-18-33(31(38)39-7-2)23-26(24)30(40-32(33,3)4)25-15-16-28(36)27(34)22-25;1-2/h15-17,22,26,30,36H,6-14,18-21,23H2,1-5H3;1-2H3. The van der Waals surface area contributed by atoms with Crippen molar-refractivity contribution in [1.82, 2.24) is 4.90 Å². The maximum Gasteiger partial charge on any atom is 0.315 e. The molecule has 3 rings (SSSR count). The number of rotatable bonds is 16. The van der Waals surface area contributed by atoms with Crippen LogP contribution in [0.1, 0.15) is 117 Å². The van der Waals surface area contributed by atoms with Crippen molar-refractivity contribution in [3.05, 3.63) is 41.2 Å². The summed E-state index contributed by atoms with van der Waals surface area (Å²) in [6, 6.07) is 4.44. The Hall–Kier alpha value is -2.06. The summed E-state index contributed by atoms with van der Waals surface area (Å²) in [6.45, 7) is 13.0. The summed E-state index contributed by atoms with van der Waals surface area (Å²) in [5, 5.41) is 9.75. The smallest absolute Gasteiger partial charge is 0.315 e. The van der Waals surface area contributed by atoms with Crippen molar-refractivity contribution < 1.29 is 28.6 Å². The van der Waals surface area contributed by atoms with Crippen LogP contribution in [0.3, 0.4) is 0 Å². The highest BCUT2D eigenvalue weighted by molar-refractivity contribution is 7.99. The molecule has 244 valence electrons. The van der Waals surface area contributed by atoms with Crippen LogP contribution in [0.2, 0.25) is 0 Å². The van der Waals surface area contributed by atoms with Crippen LogP contribution in [-0.4, -0.2) is 59.2 Å². The first-order valence-electron chi connectivity index (χ1n) is 16.4. The number of phenols is 1. The Bertz CT molecular complexity index is 1060. The Morgan fingerprint density at radius 1 is 1.12 bits per heavy atom. The fourth-order valence-corrected chi connectivity index (χ4v) is 7.13. The third kappa shape index (κ3) is 9.71. The van der Waals surface area contributed by atoms with Gasteiger partial charge < -0.3 is 19.5 Å². The minimum atomic E-state index is -0.803. The van der Waals surface area contributed by atoms with Crippen molar-refractivity contribution in [3.63, 3.8) is 0 Å². The normalized spacial score (nSPS) is 22.2. The van der Waals surface area contributed by atoms with Crippen LogP contribution in [0.15, 0.2) is 29.8 Å². The monoisotopic (exact) mass is 621 g/mol. The molecule has 3 atom stereocenters. The number of esters is 1. The van der Waals surface area contributed by atoms with Gasteiger partial charge in [0, 0.05) is 25.9 Å². The number of phenolic OH excluding ortho intramolecular Hbond substituents is 1. The molecule has 43 heavy (non-hydrogen) atoms. The van der Waals surface area contributed by atoms with Gasteiger partial charge in [0.15, 0.2) is 11.6 Å². The molecule has 0 spiro atoms. The number of amides is 1. The number of ether oxygens (including phenoxy) is 2. The van der Waals surface area contributed by atoms with E-state index in [4.69, 9.17) is 9.47 Å². The summed E-state index contributed by atoms with van der Waals surface area (Å²) in [6.07, 6.45) is 10.8. The number of hydrogen-bond donors (Lipinski definition) is 1. The second-order valence-corrected chi connectivity index (χ2v) is 13.3. The van der Waals surface area contributed by atoms with Crippen LogP contribution in [0.5, 0.6) is 5.75 Å². The number of benzene rings is 1. The maximum atomic E-state index is 14.4. The van der Waals surface area contributed by atoms with Gasteiger partial charge in [-0.15, -0.1) is 0 Å². The van der Waals surface area contributed by atoms with Gasteiger partial charge in [-0.3, -0.25) is 9.59 Å². The molecule has 0 radical (unpaired) electrons. The first kappa shape index (κ1) is 37.1. The van der Waals surface area contributed by atoms with Crippen molar-refractivity contribution in [2.45, 2.75) is 117 Å². The first-order valence-corrected chi connectivity index (χ1v) is 17.6. The molecule has 1 aromatic carbocycles. The predicted octanol–water partition coefficient (Wildman–Crippen LogP) is 8.63. The summed E-state index contributed by atoms with van der Waals surface area (Å²) in [7, 11) is 1.90. The van der Waals surface area contributed by atoms with Crippen molar-refractivity contribution >= 4 is 23.6 Å². The van der Waals surface area contributed by atoms with E-state index in [1.54, 1.807) is 6.07 Å². The van der Waals surface area contributed by atoms with E-state index in [-0.39, 0.29) is 23.5 Å². The SMILES string of the molecule is CC.CCCCN(C)C(=O)CCCCCSCCCC1=CCC2(C(=O)OCC)CC1C(c1ccc(O)c(F)c1)OC2(C)C. The molecule has 8 heteroatoms. The van der Waals surface area contributed by atoms with Crippen LogP contribution in [0.4, 0.5) is 4.39 Å². The Morgan fingerprint density at radius 3 is 2.51 bits per heavy atom. The highest BCUT2D eigenvalue weighted by Gasteiger charge is 2.60.